The van der Waals surface area contributed by atoms with E-state index >= 15 is 0 Å². The van der Waals surface area contributed by atoms with Crippen LogP contribution in [-0.2, 0) is 6.54 Å². The van der Waals surface area contributed by atoms with Crippen molar-refractivity contribution in [2.45, 2.75) is 12.2 Å². The quantitative estimate of drug-likeness (QED) is 0.387. The fraction of sp³-hybridized carbons (Fsp3) is 0.167. The molecule has 0 spiro atoms. The Kier molecular flexibility index (Phi) is 6.01. The molecule has 0 aliphatic carbocycles. The number of rotatable bonds is 7. The van der Waals surface area contributed by atoms with Gasteiger partial charge in [0.05, 0.1) is 12.2 Å². The van der Waals surface area contributed by atoms with Crippen molar-refractivity contribution in [2.24, 2.45) is 0 Å². The van der Waals surface area contributed by atoms with E-state index < -0.39 is 12.3 Å². The van der Waals surface area contributed by atoms with Crippen LogP contribution in [0.2, 0.25) is 0 Å². The third kappa shape index (κ3) is 5.47. The molecule has 4 aromatic rings. The first kappa shape index (κ1) is 21.0. The number of hydrogen-bond acceptors (Lipinski definition) is 9. The van der Waals surface area contributed by atoms with E-state index in [2.05, 4.69) is 30.2 Å². The number of alkyl halides is 2. The zero-order chi connectivity index (χ0) is 21.8. The van der Waals surface area contributed by atoms with Crippen molar-refractivity contribution in [1.29, 1.82) is 0 Å². The van der Waals surface area contributed by atoms with Gasteiger partial charge >= 0.3 is 6.01 Å². The topological polar surface area (TPSA) is 109 Å². The van der Waals surface area contributed by atoms with Crippen molar-refractivity contribution >= 4 is 20.6 Å². The van der Waals surface area contributed by atoms with Crippen LogP contribution in [0, 0.1) is 0 Å². The van der Waals surface area contributed by atoms with Crippen LogP contribution in [0.5, 0.6) is 6.01 Å². The average molecular weight is 461 g/mol. The molecule has 13 heteroatoms. The van der Waals surface area contributed by atoms with E-state index in [1.54, 1.807) is 12.3 Å². The van der Waals surface area contributed by atoms with Gasteiger partial charge < -0.3 is 4.74 Å². The maximum atomic E-state index is 12.8. The zero-order valence-corrected chi connectivity index (χ0v) is 17.7. The van der Waals surface area contributed by atoms with Gasteiger partial charge in [0.15, 0.2) is 11.6 Å². The summed E-state index contributed by atoms with van der Waals surface area (Å²) in [6.45, 7) is -0.731. The normalized spacial score (nSPS) is 11.5. The molecule has 0 aromatic carbocycles. The van der Waals surface area contributed by atoms with Crippen LogP contribution in [0.1, 0.15) is 5.01 Å². The summed E-state index contributed by atoms with van der Waals surface area (Å²) in [4.78, 5) is 24.3. The number of ether oxygens (including phenoxy) is 1. The minimum atomic E-state index is -3.07. The van der Waals surface area contributed by atoms with Crippen LogP contribution < -0.4 is 10.3 Å². The molecule has 0 saturated heterocycles. The maximum absolute atomic E-state index is 12.8. The third-order valence-corrected chi connectivity index (χ3v) is 4.92. The molecule has 9 nitrogen and oxygen atoms in total. The number of aromatic nitrogens is 7. The molecule has 31 heavy (non-hydrogen) atoms. The van der Waals surface area contributed by atoms with Crippen LogP contribution >= 0.6 is 20.6 Å². The van der Waals surface area contributed by atoms with Gasteiger partial charge in [0.2, 0.25) is 0 Å². The van der Waals surface area contributed by atoms with Gasteiger partial charge in [-0.2, -0.15) is 13.9 Å². The van der Waals surface area contributed by atoms with Crippen LogP contribution in [-0.4, -0.2) is 47.2 Å². The van der Waals surface area contributed by atoms with Crippen molar-refractivity contribution in [3.63, 3.8) is 0 Å². The summed E-state index contributed by atoms with van der Waals surface area (Å²) in [5.41, 5.74) is -1.77. The monoisotopic (exact) mass is 461 g/mol. The van der Waals surface area contributed by atoms with Gasteiger partial charge in [0, 0.05) is 30.2 Å². The lowest BCUT2D eigenvalue weighted by atomic mass is 10.2. The number of pyridine rings is 1. The predicted molar refractivity (Wildman–Crippen MR) is 112 cm³/mol. The molecule has 0 N–H and O–H groups in total. The van der Waals surface area contributed by atoms with Crippen molar-refractivity contribution in [1.82, 2.24) is 34.9 Å². The molecule has 0 amide bonds. The molecular weight excluding hydrogens is 447 g/mol. The molecule has 0 fully saturated rings. The Hall–Kier alpha value is -3.24. The average Bonchev–Trinajstić information content (AvgIpc) is 3.23. The van der Waals surface area contributed by atoms with E-state index in [1.165, 1.54) is 49.8 Å². The van der Waals surface area contributed by atoms with E-state index in [9.17, 15) is 13.6 Å². The minimum Gasteiger partial charge on any atom is -0.457 e. The lowest BCUT2D eigenvalue weighted by Crippen LogP contribution is -2.22. The second-order valence-electron chi connectivity index (χ2n) is 6.23. The van der Waals surface area contributed by atoms with Gasteiger partial charge in [-0.3, -0.25) is 9.78 Å². The fourth-order valence-corrected chi connectivity index (χ4v) is 3.32. The van der Waals surface area contributed by atoms with Crippen molar-refractivity contribution in [3.8, 4) is 28.0 Å². The van der Waals surface area contributed by atoms with E-state index in [-0.39, 0.29) is 18.1 Å². The number of halogens is 2. The Morgan fingerprint density at radius 1 is 1.06 bits per heavy atom. The molecular formula is C18H14F2N7O2PS. The molecule has 0 aliphatic rings. The van der Waals surface area contributed by atoms with E-state index in [0.29, 0.717) is 27.0 Å². The first-order chi connectivity index (χ1) is 14.9. The second-order valence-corrected chi connectivity index (χ2v) is 8.14. The van der Waals surface area contributed by atoms with E-state index in [0.717, 1.165) is 0 Å². The first-order valence-electron chi connectivity index (χ1n) is 8.81. The van der Waals surface area contributed by atoms with Crippen LogP contribution in [0.4, 0.5) is 8.78 Å². The first-order valence-corrected chi connectivity index (χ1v) is 10.2. The number of hydrogen-bond donors (Lipinski definition) is 0. The summed E-state index contributed by atoms with van der Waals surface area (Å²) in [6, 6.07) is 8.18. The summed E-state index contributed by atoms with van der Waals surface area (Å²) in [5.74, 6) is 0. The molecule has 4 heterocycles. The molecule has 1 unspecified atom stereocenters. The molecule has 1 atom stereocenters. The highest BCUT2D eigenvalue weighted by atomic mass is 32.1. The van der Waals surface area contributed by atoms with E-state index in [1.807, 2.05) is 12.1 Å². The van der Waals surface area contributed by atoms with Gasteiger partial charge in [0.25, 0.3) is 11.2 Å². The summed E-state index contributed by atoms with van der Waals surface area (Å²) < 4.78 is 31.8. The van der Waals surface area contributed by atoms with Crippen molar-refractivity contribution in [3.05, 3.63) is 64.3 Å². The van der Waals surface area contributed by atoms with Crippen molar-refractivity contribution < 1.29 is 13.5 Å². The van der Waals surface area contributed by atoms with Gasteiger partial charge in [-0.15, -0.1) is 10.2 Å². The van der Waals surface area contributed by atoms with Gasteiger partial charge in [-0.25, -0.2) is 14.6 Å². The second kappa shape index (κ2) is 8.86. The molecule has 0 bridgehead atoms. The standard InChI is InChI=1S/C18H14F2N7O2PS/c19-18(20,30)10-29-17-22-7-11(8-23-17)12-4-5-15(28)27(26-12)9-14-24-25-16(31-14)13-3-1-2-6-21-13/h1-8H,9-10,30H2. The summed E-state index contributed by atoms with van der Waals surface area (Å²) >= 11 is 1.31. The smallest absolute Gasteiger partial charge is 0.316 e. The molecule has 0 saturated carbocycles. The predicted octanol–water partition coefficient (Wildman–Crippen LogP) is 2.51. The highest BCUT2D eigenvalue weighted by Crippen LogP contribution is 2.23. The number of nitrogens with zero attached hydrogens (tertiary/aromatic N) is 7. The molecule has 0 aliphatic heterocycles. The molecule has 4 aromatic heterocycles. The molecule has 4 rings (SSSR count). The summed E-state index contributed by atoms with van der Waals surface area (Å²) in [6.07, 6.45) is 4.42. The summed E-state index contributed by atoms with van der Waals surface area (Å²) in [5, 5.41) is 13.8. The summed E-state index contributed by atoms with van der Waals surface area (Å²) in [7, 11) is 1.38. The Labute approximate surface area is 180 Å². The Bertz CT molecular complexity index is 1230. The van der Waals surface area contributed by atoms with Gasteiger partial charge in [-0.1, -0.05) is 26.6 Å². The Balaban J connectivity index is 1.51. The SMILES string of the molecule is O=c1ccc(-c2cnc(OCC(F)(F)P)nc2)nn1Cc1nnc(-c2ccccn2)s1. The lowest BCUT2D eigenvalue weighted by molar-refractivity contribution is 0.0422. The van der Waals surface area contributed by atoms with Gasteiger partial charge in [-0.05, 0) is 18.2 Å². The molecule has 0 radical (unpaired) electrons. The largest absolute Gasteiger partial charge is 0.457 e. The highest BCUT2D eigenvalue weighted by Gasteiger charge is 2.22. The third-order valence-electron chi connectivity index (χ3n) is 3.82. The maximum Gasteiger partial charge on any atom is 0.316 e. The lowest BCUT2D eigenvalue weighted by Gasteiger charge is -2.10. The zero-order valence-electron chi connectivity index (χ0n) is 15.7. The Morgan fingerprint density at radius 3 is 2.58 bits per heavy atom. The van der Waals surface area contributed by atoms with Gasteiger partial charge in [0.1, 0.15) is 10.7 Å². The van der Waals surface area contributed by atoms with E-state index in [4.69, 9.17) is 4.74 Å². The molecule has 158 valence electrons. The van der Waals surface area contributed by atoms with Crippen LogP contribution in [0.25, 0.3) is 22.0 Å². The Morgan fingerprint density at radius 2 is 1.87 bits per heavy atom. The van der Waals surface area contributed by atoms with Crippen LogP contribution in [0.3, 0.4) is 0 Å². The highest BCUT2D eigenvalue weighted by molar-refractivity contribution is 7.18. The minimum absolute atomic E-state index is 0.127. The van der Waals surface area contributed by atoms with Crippen LogP contribution in [0.15, 0.2) is 53.7 Å². The fourth-order valence-electron chi connectivity index (χ4n) is 2.44. The van der Waals surface area contributed by atoms with Crippen molar-refractivity contribution in [2.75, 3.05) is 6.61 Å².